The number of nitrogens with one attached hydrogen (secondary N) is 1. The van der Waals surface area contributed by atoms with E-state index in [0.717, 1.165) is 47.0 Å². The van der Waals surface area contributed by atoms with Crippen LogP contribution in [0.2, 0.25) is 5.02 Å². The lowest BCUT2D eigenvalue weighted by Crippen LogP contribution is -2.19. The maximum absolute atomic E-state index is 12.2. The Morgan fingerprint density at radius 3 is 2.49 bits per heavy atom. The molecule has 4 aromatic rings. The molecule has 9 nitrogen and oxygen atoms in total. The van der Waals surface area contributed by atoms with Crippen LogP contribution in [-0.2, 0) is 24.2 Å². The van der Waals surface area contributed by atoms with Crippen LogP contribution in [0.4, 0.5) is 0 Å². The second-order valence-corrected chi connectivity index (χ2v) is 10.4. The Bertz CT molecular complexity index is 1480. The first-order valence-corrected chi connectivity index (χ1v) is 14.3. The first-order valence-electron chi connectivity index (χ1n) is 12.9. The van der Waals surface area contributed by atoms with Crippen LogP contribution in [-0.4, -0.2) is 42.3 Å². The summed E-state index contributed by atoms with van der Waals surface area (Å²) in [4.78, 5) is 12.2. The Balaban J connectivity index is 1.18. The monoisotopic (exact) mass is 594 g/mol. The zero-order valence-corrected chi connectivity index (χ0v) is 24.6. The lowest BCUT2D eigenvalue weighted by atomic mass is 10.1. The van der Waals surface area contributed by atoms with Crippen LogP contribution in [0.1, 0.15) is 34.6 Å². The summed E-state index contributed by atoms with van der Waals surface area (Å²) in [7, 11) is 3.23. The quantitative estimate of drug-likeness (QED) is 0.107. The van der Waals surface area contributed by atoms with Crippen molar-refractivity contribution in [2.24, 2.45) is 5.10 Å². The highest BCUT2D eigenvalue weighted by Gasteiger charge is 2.10. The summed E-state index contributed by atoms with van der Waals surface area (Å²) in [5.74, 6) is 2.37. The van der Waals surface area contributed by atoms with Gasteiger partial charge in [0.2, 0.25) is 5.89 Å². The highest BCUT2D eigenvalue weighted by atomic mass is 35.5. The Labute approximate surface area is 248 Å². The summed E-state index contributed by atoms with van der Waals surface area (Å²) < 4.78 is 22.3. The molecular weight excluding hydrogens is 564 g/mol. The fraction of sp³-hybridized carbons (Fsp3) is 0.267. The first kappa shape index (κ1) is 30.0. The molecule has 0 unspecified atom stereocenters. The highest BCUT2D eigenvalue weighted by molar-refractivity contribution is 7.99. The summed E-state index contributed by atoms with van der Waals surface area (Å²) >= 11 is 7.09. The number of nitrogens with zero attached hydrogens (tertiary/aromatic N) is 3. The van der Waals surface area contributed by atoms with Crippen molar-refractivity contribution in [2.75, 3.05) is 20.0 Å². The number of hydrogen-bond donors (Lipinski definition) is 1. The third-order valence-electron chi connectivity index (χ3n) is 5.99. The number of aryl methyl sites for hydroxylation is 3. The van der Waals surface area contributed by atoms with Gasteiger partial charge in [-0.05, 0) is 78.4 Å². The molecule has 0 spiro atoms. The van der Waals surface area contributed by atoms with E-state index >= 15 is 0 Å². The fourth-order valence-electron chi connectivity index (χ4n) is 3.90. The molecule has 1 heterocycles. The minimum absolute atomic E-state index is 0.0882. The summed E-state index contributed by atoms with van der Waals surface area (Å²) in [5, 5.41) is 13.2. The van der Waals surface area contributed by atoms with Crippen molar-refractivity contribution in [1.82, 2.24) is 15.6 Å². The summed E-state index contributed by atoms with van der Waals surface area (Å²) in [6.07, 6.45) is 3.95. The Morgan fingerprint density at radius 2 is 1.73 bits per heavy atom. The van der Waals surface area contributed by atoms with E-state index in [9.17, 15) is 4.79 Å². The number of carbonyl (C=O) groups is 1. The molecule has 11 heteroatoms. The molecule has 214 valence electrons. The number of halogens is 1. The van der Waals surface area contributed by atoms with E-state index in [2.05, 4.69) is 32.9 Å². The smallest absolute Gasteiger partial charge is 0.277 e. The van der Waals surface area contributed by atoms with Crippen molar-refractivity contribution in [3.05, 3.63) is 93.8 Å². The predicted octanol–water partition coefficient (Wildman–Crippen LogP) is 6.05. The van der Waals surface area contributed by atoms with E-state index in [4.69, 9.17) is 30.2 Å². The second-order valence-electron chi connectivity index (χ2n) is 9.03. The fourth-order valence-corrected chi connectivity index (χ4v) is 4.60. The van der Waals surface area contributed by atoms with Gasteiger partial charge in [-0.15, -0.1) is 10.2 Å². The number of hydrazone groups is 1. The van der Waals surface area contributed by atoms with Crippen molar-refractivity contribution in [2.45, 2.75) is 38.0 Å². The van der Waals surface area contributed by atoms with Crippen LogP contribution in [0.25, 0.3) is 0 Å². The van der Waals surface area contributed by atoms with Crippen molar-refractivity contribution in [3.63, 3.8) is 0 Å². The number of methoxy groups -OCH3 is 2. The molecule has 1 aromatic heterocycles. The van der Waals surface area contributed by atoms with Gasteiger partial charge in [-0.25, -0.2) is 5.43 Å². The van der Waals surface area contributed by atoms with E-state index in [1.54, 1.807) is 26.4 Å². The molecule has 0 fully saturated rings. The van der Waals surface area contributed by atoms with Crippen LogP contribution in [0.3, 0.4) is 0 Å². The van der Waals surface area contributed by atoms with Gasteiger partial charge < -0.3 is 18.6 Å². The molecule has 1 N–H and O–H groups in total. The molecule has 3 aromatic carbocycles. The molecule has 0 atom stereocenters. The molecule has 4 rings (SSSR count). The van der Waals surface area contributed by atoms with Crippen molar-refractivity contribution in [1.29, 1.82) is 0 Å². The molecule has 0 aliphatic carbocycles. The van der Waals surface area contributed by atoms with Crippen molar-refractivity contribution in [3.8, 4) is 17.2 Å². The third-order valence-corrected chi connectivity index (χ3v) is 7.06. The van der Waals surface area contributed by atoms with E-state index in [0.29, 0.717) is 40.7 Å². The van der Waals surface area contributed by atoms with Crippen LogP contribution < -0.4 is 19.6 Å². The molecule has 0 aliphatic heterocycles. The van der Waals surface area contributed by atoms with E-state index in [1.807, 2.05) is 43.3 Å². The number of rotatable bonds is 14. The average molecular weight is 595 g/mol. The Hall–Kier alpha value is -4.02. The summed E-state index contributed by atoms with van der Waals surface area (Å²) in [5.41, 5.74) is 6.56. The normalized spacial score (nSPS) is 11.0. The minimum atomic E-state index is -0.296. The SMILES string of the molecule is COc1ccc(CCCc2nnc(SCC(=O)N/N=C/c3ccc(OCc4ccc(Cl)cc4)c(OC)c3)o2)cc1C. The predicted molar refractivity (Wildman–Crippen MR) is 159 cm³/mol. The van der Waals surface area contributed by atoms with Gasteiger partial charge >= 0.3 is 0 Å². The topological polar surface area (TPSA) is 108 Å². The van der Waals surface area contributed by atoms with Gasteiger partial charge in [0.05, 0.1) is 26.2 Å². The van der Waals surface area contributed by atoms with Crippen molar-refractivity contribution < 1.29 is 23.4 Å². The van der Waals surface area contributed by atoms with Crippen LogP contribution >= 0.6 is 23.4 Å². The lowest BCUT2D eigenvalue weighted by molar-refractivity contribution is -0.118. The molecule has 0 saturated heterocycles. The summed E-state index contributed by atoms with van der Waals surface area (Å²) in [6.45, 7) is 2.40. The van der Waals surface area contributed by atoms with Crippen LogP contribution in [0, 0.1) is 6.92 Å². The molecule has 0 bridgehead atoms. The largest absolute Gasteiger partial charge is 0.496 e. The minimum Gasteiger partial charge on any atom is -0.496 e. The average Bonchev–Trinajstić information content (AvgIpc) is 3.44. The van der Waals surface area contributed by atoms with E-state index in [-0.39, 0.29) is 11.7 Å². The molecule has 41 heavy (non-hydrogen) atoms. The number of amides is 1. The number of thioether (sulfide) groups is 1. The molecular formula is C30H31ClN4O5S. The zero-order valence-electron chi connectivity index (χ0n) is 23.1. The van der Waals surface area contributed by atoms with Crippen molar-refractivity contribution >= 4 is 35.5 Å². The van der Waals surface area contributed by atoms with Crippen LogP contribution in [0.5, 0.6) is 17.2 Å². The van der Waals surface area contributed by atoms with Gasteiger partial charge in [0.15, 0.2) is 11.5 Å². The van der Waals surface area contributed by atoms with Gasteiger partial charge in [-0.3, -0.25) is 4.79 Å². The summed E-state index contributed by atoms with van der Waals surface area (Å²) in [6, 6.07) is 19.0. The van der Waals surface area contributed by atoms with E-state index < -0.39 is 0 Å². The number of benzene rings is 3. The molecule has 0 saturated carbocycles. The number of carbonyl (C=O) groups excluding carboxylic acids is 1. The van der Waals surface area contributed by atoms with Crippen LogP contribution in [0.15, 0.2) is 75.4 Å². The zero-order chi connectivity index (χ0) is 29.0. The maximum atomic E-state index is 12.2. The van der Waals surface area contributed by atoms with Gasteiger partial charge in [-0.2, -0.15) is 5.10 Å². The van der Waals surface area contributed by atoms with Gasteiger partial charge in [-0.1, -0.05) is 47.6 Å². The number of aromatic nitrogens is 2. The number of ether oxygens (including phenoxy) is 3. The third kappa shape index (κ3) is 9.26. The van der Waals surface area contributed by atoms with E-state index in [1.165, 1.54) is 11.8 Å². The second kappa shape index (κ2) is 15.1. The van der Waals surface area contributed by atoms with Gasteiger partial charge in [0, 0.05) is 11.4 Å². The Morgan fingerprint density at radius 1 is 0.976 bits per heavy atom. The molecule has 0 aliphatic rings. The number of hydrogen-bond acceptors (Lipinski definition) is 9. The molecule has 0 radical (unpaired) electrons. The van der Waals surface area contributed by atoms with Gasteiger partial charge in [0.1, 0.15) is 12.4 Å². The first-order chi connectivity index (χ1) is 19.9. The lowest BCUT2D eigenvalue weighted by Gasteiger charge is -2.11. The standard InChI is InChI=1S/C30H31ClN4O5S/c1-20-15-21(9-13-25(20)37-2)5-4-6-29-34-35-30(40-29)41-19-28(36)33-32-17-23-10-14-26(27(16-23)38-3)39-18-22-7-11-24(31)12-8-22/h7-17H,4-6,18-19H2,1-3H3,(H,33,36)/b32-17+. The highest BCUT2D eigenvalue weighted by Crippen LogP contribution is 2.28. The van der Waals surface area contributed by atoms with Gasteiger partial charge in [0.25, 0.3) is 11.1 Å². The Kier molecular flexibility index (Phi) is 11.0. The molecule has 1 amide bonds. The maximum Gasteiger partial charge on any atom is 0.277 e.